The van der Waals surface area contributed by atoms with Crippen LogP contribution in [0.1, 0.15) is 36.9 Å². The molecule has 0 saturated heterocycles. The van der Waals surface area contributed by atoms with Gasteiger partial charge in [-0.3, -0.25) is 0 Å². The molecule has 2 aromatic heterocycles. The molecule has 1 unspecified atom stereocenters. The molecule has 0 radical (unpaired) electrons. The predicted octanol–water partition coefficient (Wildman–Crippen LogP) is 5.11. The van der Waals surface area contributed by atoms with Crippen LogP contribution >= 0.6 is 23.4 Å². The van der Waals surface area contributed by atoms with E-state index in [1.807, 2.05) is 32.0 Å². The average Bonchev–Trinajstić information content (AvgIpc) is 3.08. The molecule has 2 atom stereocenters. The van der Waals surface area contributed by atoms with Gasteiger partial charge in [-0.1, -0.05) is 35.0 Å². The van der Waals surface area contributed by atoms with Crippen LogP contribution in [0.15, 0.2) is 58.1 Å². The van der Waals surface area contributed by atoms with Crippen molar-refractivity contribution in [3.63, 3.8) is 0 Å². The second-order valence-corrected chi connectivity index (χ2v) is 6.94. The lowest BCUT2D eigenvalue weighted by Crippen LogP contribution is -2.04. The highest BCUT2D eigenvalue weighted by Gasteiger charge is 2.20. The normalized spacial score (nSPS) is 13.5. The van der Waals surface area contributed by atoms with Gasteiger partial charge in [0, 0.05) is 4.90 Å². The summed E-state index contributed by atoms with van der Waals surface area (Å²) in [5.74, 6) is 1.67. The van der Waals surface area contributed by atoms with Crippen LogP contribution in [-0.2, 0) is 0 Å². The Hall–Kier alpha value is -2.05. The number of pyridine rings is 1. The predicted molar refractivity (Wildman–Crippen MR) is 93.3 cm³/mol. The number of thioether (sulfide) groups is 1. The first-order valence-corrected chi connectivity index (χ1v) is 8.71. The Labute approximate surface area is 149 Å². The molecule has 7 heteroatoms. The van der Waals surface area contributed by atoms with Gasteiger partial charge in [-0.2, -0.15) is 4.98 Å². The van der Waals surface area contributed by atoms with Crippen molar-refractivity contribution >= 4 is 23.4 Å². The first-order valence-electron chi connectivity index (χ1n) is 7.45. The van der Waals surface area contributed by atoms with Crippen molar-refractivity contribution in [3.05, 3.63) is 65.5 Å². The summed E-state index contributed by atoms with van der Waals surface area (Å²) in [6, 6.07) is 13.5. The van der Waals surface area contributed by atoms with Gasteiger partial charge < -0.3 is 9.26 Å². The largest absolute Gasteiger partial charge is 0.479 e. The lowest BCUT2D eigenvalue weighted by Gasteiger charge is -2.10. The van der Waals surface area contributed by atoms with Gasteiger partial charge in [0.15, 0.2) is 11.9 Å². The highest BCUT2D eigenvalue weighted by molar-refractivity contribution is 7.99. The zero-order valence-corrected chi connectivity index (χ0v) is 14.8. The van der Waals surface area contributed by atoms with Gasteiger partial charge in [-0.25, -0.2) is 4.98 Å². The van der Waals surface area contributed by atoms with E-state index >= 15 is 0 Å². The topological polar surface area (TPSA) is 61.0 Å². The summed E-state index contributed by atoms with van der Waals surface area (Å²) < 4.78 is 11.1. The van der Waals surface area contributed by atoms with Crippen molar-refractivity contribution < 1.29 is 9.26 Å². The molecule has 24 heavy (non-hydrogen) atoms. The summed E-state index contributed by atoms with van der Waals surface area (Å²) in [5.41, 5.74) is 0. The summed E-state index contributed by atoms with van der Waals surface area (Å²) in [5, 5.41) is 4.56. The number of hydrogen-bond donors (Lipinski definition) is 0. The molecular weight excluding hydrogens is 346 g/mol. The van der Waals surface area contributed by atoms with Crippen LogP contribution in [-0.4, -0.2) is 15.1 Å². The summed E-state index contributed by atoms with van der Waals surface area (Å²) in [4.78, 5) is 9.59. The highest BCUT2D eigenvalue weighted by atomic mass is 35.5. The Morgan fingerprint density at radius 2 is 1.92 bits per heavy atom. The Morgan fingerprint density at radius 3 is 2.62 bits per heavy atom. The van der Waals surface area contributed by atoms with Gasteiger partial charge >= 0.3 is 0 Å². The quantitative estimate of drug-likeness (QED) is 0.449. The zero-order chi connectivity index (χ0) is 16.9. The van der Waals surface area contributed by atoms with Crippen LogP contribution in [0.3, 0.4) is 0 Å². The van der Waals surface area contributed by atoms with E-state index in [9.17, 15) is 0 Å². The molecule has 0 aliphatic rings. The molecule has 0 bridgehead atoms. The van der Waals surface area contributed by atoms with E-state index in [4.69, 9.17) is 20.9 Å². The van der Waals surface area contributed by atoms with E-state index in [0.717, 1.165) is 4.90 Å². The molecule has 0 spiro atoms. The van der Waals surface area contributed by atoms with Crippen molar-refractivity contribution in [2.24, 2.45) is 0 Å². The van der Waals surface area contributed by atoms with Crippen molar-refractivity contribution in [3.8, 4) is 5.75 Å². The number of halogens is 1. The van der Waals surface area contributed by atoms with Crippen LogP contribution in [0.25, 0.3) is 0 Å². The maximum Gasteiger partial charge on any atom is 0.267 e. The highest BCUT2D eigenvalue weighted by Crippen LogP contribution is 2.33. The molecule has 0 saturated carbocycles. The van der Waals surface area contributed by atoms with E-state index in [0.29, 0.717) is 22.6 Å². The van der Waals surface area contributed by atoms with Crippen LogP contribution in [0.2, 0.25) is 5.15 Å². The standard InChI is InChI=1S/C17H16ClN3O2S/c1-11(22-13-8-9-15(18)19-10-13)17-20-16(21-23-17)12(2)24-14-6-4-3-5-7-14/h3-12H,1-2H3/t11-,12?/m0/s1. The van der Waals surface area contributed by atoms with Crippen LogP contribution < -0.4 is 4.74 Å². The lowest BCUT2D eigenvalue weighted by molar-refractivity contribution is 0.175. The maximum atomic E-state index is 5.76. The number of aromatic nitrogens is 3. The molecule has 3 aromatic rings. The molecule has 2 heterocycles. The third-order valence-corrected chi connectivity index (χ3v) is 4.57. The summed E-state index contributed by atoms with van der Waals surface area (Å²) >= 11 is 7.44. The number of ether oxygens (including phenoxy) is 1. The van der Waals surface area contributed by atoms with Crippen molar-refractivity contribution in [2.45, 2.75) is 30.1 Å². The van der Waals surface area contributed by atoms with Crippen molar-refractivity contribution in [1.29, 1.82) is 0 Å². The molecular formula is C17H16ClN3O2S. The van der Waals surface area contributed by atoms with E-state index in [1.165, 1.54) is 0 Å². The molecule has 0 aliphatic carbocycles. The minimum absolute atomic E-state index is 0.0781. The molecule has 0 aliphatic heterocycles. The second-order valence-electron chi connectivity index (χ2n) is 5.14. The Morgan fingerprint density at radius 1 is 1.12 bits per heavy atom. The smallest absolute Gasteiger partial charge is 0.267 e. The number of benzene rings is 1. The minimum atomic E-state index is -0.372. The third-order valence-electron chi connectivity index (χ3n) is 3.24. The van der Waals surface area contributed by atoms with Crippen LogP contribution in [0.4, 0.5) is 0 Å². The number of hydrogen-bond acceptors (Lipinski definition) is 6. The number of rotatable bonds is 6. The lowest BCUT2D eigenvalue weighted by atomic mass is 10.4. The van der Waals surface area contributed by atoms with Crippen molar-refractivity contribution in [1.82, 2.24) is 15.1 Å². The van der Waals surface area contributed by atoms with Gasteiger partial charge in [-0.05, 0) is 38.1 Å². The van der Waals surface area contributed by atoms with E-state index in [1.54, 1.807) is 30.1 Å². The summed E-state index contributed by atoms with van der Waals surface area (Å²) in [6.07, 6.45) is 1.19. The zero-order valence-electron chi connectivity index (χ0n) is 13.2. The Bertz CT molecular complexity index is 780. The van der Waals surface area contributed by atoms with Crippen LogP contribution in [0.5, 0.6) is 5.75 Å². The molecule has 124 valence electrons. The second kappa shape index (κ2) is 7.68. The average molecular weight is 362 g/mol. The maximum absolute atomic E-state index is 5.76. The van der Waals surface area contributed by atoms with Gasteiger partial charge in [-0.15, -0.1) is 11.8 Å². The monoisotopic (exact) mass is 361 g/mol. The summed E-state index contributed by atoms with van der Waals surface area (Å²) in [6.45, 7) is 3.89. The molecule has 0 amide bonds. The molecule has 0 fully saturated rings. The minimum Gasteiger partial charge on any atom is -0.479 e. The third kappa shape index (κ3) is 4.27. The number of nitrogens with zero attached hydrogens (tertiary/aromatic N) is 3. The van der Waals surface area contributed by atoms with Gasteiger partial charge in [0.05, 0.1) is 11.4 Å². The SMILES string of the molecule is CC(Sc1ccccc1)c1noc([C@H](C)Oc2ccc(Cl)nc2)n1. The van der Waals surface area contributed by atoms with E-state index in [-0.39, 0.29) is 11.4 Å². The fraction of sp³-hybridized carbons (Fsp3) is 0.235. The van der Waals surface area contributed by atoms with Gasteiger partial charge in [0.1, 0.15) is 10.9 Å². The fourth-order valence-electron chi connectivity index (χ4n) is 2.02. The molecule has 0 N–H and O–H groups in total. The van der Waals surface area contributed by atoms with E-state index < -0.39 is 0 Å². The molecule has 5 nitrogen and oxygen atoms in total. The Balaban J connectivity index is 1.64. The first-order chi connectivity index (χ1) is 11.6. The van der Waals surface area contributed by atoms with Gasteiger partial charge in [0.25, 0.3) is 5.89 Å². The Kier molecular flexibility index (Phi) is 5.37. The first kappa shape index (κ1) is 16.8. The molecule has 1 aromatic carbocycles. The molecule has 3 rings (SSSR count). The van der Waals surface area contributed by atoms with E-state index in [2.05, 4.69) is 27.3 Å². The van der Waals surface area contributed by atoms with Crippen LogP contribution in [0, 0.1) is 0 Å². The fourth-order valence-corrected chi connectivity index (χ4v) is 3.06. The summed E-state index contributed by atoms with van der Waals surface area (Å²) in [7, 11) is 0. The van der Waals surface area contributed by atoms with Crippen molar-refractivity contribution in [2.75, 3.05) is 0 Å². The van der Waals surface area contributed by atoms with Gasteiger partial charge in [0.2, 0.25) is 0 Å².